The molecule has 0 radical (unpaired) electrons. The average molecular weight is 757 g/mol. The van der Waals surface area contributed by atoms with Gasteiger partial charge in [-0.1, -0.05) is 27.7 Å². The van der Waals surface area contributed by atoms with Gasteiger partial charge in [-0.3, -0.25) is 0 Å². The minimum Gasteiger partial charge on any atom is -0.394 e. The van der Waals surface area contributed by atoms with Gasteiger partial charge in [-0.2, -0.15) is 0 Å². The van der Waals surface area contributed by atoms with Crippen molar-refractivity contribution in [1.29, 1.82) is 0 Å². The molecule has 0 amide bonds. The Bertz CT molecular complexity index is 1310. The Morgan fingerprint density at radius 2 is 1.38 bits per heavy atom. The summed E-state index contributed by atoms with van der Waals surface area (Å²) in [4.78, 5) is 0. The standard InChI is InChI=1S/C39H64O14/c1-17-7-10-49-39(14-17)18(2)28-25(53-39)13-22-20-12-24(41)23-11-19(5-8-37(23,3)21(20)6-9-38(22,28)4)50-36-34(47)32(45)30(43)27(52-36)16-48-35-33(46)31(44)29(42)26(15-40)51-35/h17-36,40-47H,5-16H2,1-4H3/t17-,18-,19+,20+,21-,22-,23-,24+,25-,26-,27+,28-,29+,30+,31+,32-,33+,34+,35-,36+,37+,38-,39-/m1/s1. The summed E-state index contributed by atoms with van der Waals surface area (Å²) in [5.74, 6) is 2.29. The normalized spacial score (nSPS) is 59.5. The molecule has 53 heavy (non-hydrogen) atoms. The number of hydrogen-bond acceptors (Lipinski definition) is 14. The van der Waals surface area contributed by atoms with Gasteiger partial charge in [0.05, 0.1) is 38.1 Å². The van der Waals surface area contributed by atoms with E-state index in [9.17, 15) is 40.9 Å². The molecule has 4 saturated heterocycles. The van der Waals surface area contributed by atoms with E-state index in [4.69, 9.17) is 28.4 Å². The number of rotatable bonds is 6. The van der Waals surface area contributed by atoms with Crippen LogP contribution in [0, 0.1) is 52.3 Å². The molecule has 8 aliphatic rings. The Balaban J connectivity index is 0.908. The third kappa shape index (κ3) is 6.29. The molecule has 0 aromatic heterocycles. The fraction of sp³-hybridized carbons (Fsp3) is 1.00. The van der Waals surface area contributed by atoms with Gasteiger partial charge >= 0.3 is 0 Å². The molecule has 0 bridgehead atoms. The number of fused-ring (bicyclic) bond motifs is 7. The predicted octanol–water partition coefficient (Wildman–Crippen LogP) is 0.413. The zero-order chi connectivity index (χ0) is 37.8. The van der Waals surface area contributed by atoms with E-state index in [2.05, 4.69) is 27.7 Å². The lowest BCUT2D eigenvalue weighted by atomic mass is 9.43. The van der Waals surface area contributed by atoms with Gasteiger partial charge in [0, 0.05) is 12.3 Å². The van der Waals surface area contributed by atoms with Crippen LogP contribution in [0.3, 0.4) is 0 Å². The van der Waals surface area contributed by atoms with Crippen molar-refractivity contribution in [3.05, 3.63) is 0 Å². The van der Waals surface area contributed by atoms with Crippen molar-refractivity contribution in [2.75, 3.05) is 19.8 Å². The molecule has 4 saturated carbocycles. The Hall–Kier alpha value is -0.560. The fourth-order valence-electron chi connectivity index (χ4n) is 13.3. The van der Waals surface area contributed by atoms with Crippen LogP contribution in [-0.4, -0.2) is 146 Å². The van der Waals surface area contributed by atoms with Gasteiger partial charge in [-0.15, -0.1) is 0 Å². The fourth-order valence-corrected chi connectivity index (χ4v) is 13.3. The highest BCUT2D eigenvalue weighted by Gasteiger charge is 2.70. The number of aliphatic hydroxyl groups excluding tert-OH is 8. The summed E-state index contributed by atoms with van der Waals surface area (Å²) in [6.07, 6.45) is -7.20. The quantitative estimate of drug-likeness (QED) is 0.173. The molecule has 14 heteroatoms. The zero-order valence-electron chi connectivity index (χ0n) is 31.6. The van der Waals surface area contributed by atoms with Gasteiger partial charge in [-0.25, -0.2) is 0 Å². The first-order valence-corrected chi connectivity index (χ1v) is 20.4. The number of ether oxygens (including phenoxy) is 6. The molecular formula is C39H64O14. The van der Waals surface area contributed by atoms with Crippen LogP contribution in [0.25, 0.3) is 0 Å². The summed E-state index contributed by atoms with van der Waals surface area (Å²) in [7, 11) is 0. The molecule has 14 nitrogen and oxygen atoms in total. The smallest absolute Gasteiger partial charge is 0.186 e. The zero-order valence-corrected chi connectivity index (χ0v) is 31.6. The molecule has 23 atom stereocenters. The van der Waals surface area contributed by atoms with E-state index in [1.807, 2.05) is 0 Å². The first kappa shape index (κ1) is 39.3. The van der Waals surface area contributed by atoms with Gasteiger partial charge in [0.15, 0.2) is 18.4 Å². The third-order valence-corrected chi connectivity index (χ3v) is 16.2. The number of aliphatic hydroxyl groups is 8. The van der Waals surface area contributed by atoms with Crippen LogP contribution in [0.2, 0.25) is 0 Å². The van der Waals surface area contributed by atoms with Gasteiger partial charge < -0.3 is 69.3 Å². The molecule has 8 N–H and O–H groups in total. The summed E-state index contributed by atoms with van der Waals surface area (Å²) < 4.78 is 36.7. The second kappa shape index (κ2) is 14.4. The monoisotopic (exact) mass is 756 g/mol. The van der Waals surface area contributed by atoms with Crippen LogP contribution in [0.15, 0.2) is 0 Å². The van der Waals surface area contributed by atoms with Crippen LogP contribution in [0.4, 0.5) is 0 Å². The van der Waals surface area contributed by atoms with Crippen molar-refractivity contribution in [3.8, 4) is 0 Å². The largest absolute Gasteiger partial charge is 0.394 e. The van der Waals surface area contributed by atoms with Crippen molar-refractivity contribution in [1.82, 2.24) is 0 Å². The average Bonchev–Trinajstić information content (AvgIpc) is 3.56. The third-order valence-electron chi connectivity index (χ3n) is 16.2. The van der Waals surface area contributed by atoms with Crippen molar-refractivity contribution in [2.24, 2.45) is 52.3 Å². The lowest BCUT2D eigenvalue weighted by molar-refractivity contribution is -0.338. The van der Waals surface area contributed by atoms with Crippen molar-refractivity contribution >= 4 is 0 Å². The first-order valence-electron chi connectivity index (χ1n) is 20.4. The summed E-state index contributed by atoms with van der Waals surface area (Å²) >= 11 is 0. The maximum absolute atomic E-state index is 11.9. The van der Waals surface area contributed by atoms with E-state index in [1.54, 1.807) is 0 Å². The summed E-state index contributed by atoms with van der Waals surface area (Å²) in [5.41, 5.74) is 0.0608. The van der Waals surface area contributed by atoms with Crippen LogP contribution in [-0.2, 0) is 28.4 Å². The van der Waals surface area contributed by atoms with Gasteiger partial charge in [0.1, 0.15) is 48.8 Å². The molecule has 0 aromatic rings. The summed E-state index contributed by atoms with van der Waals surface area (Å²) in [5, 5.41) is 84.3. The second-order valence-corrected chi connectivity index (χ2v) is 18.9. The second-order valence-electron chi connectivity index (χ2n) is 18.9. The molecule has 1 spiro atoms. The minimum atomic E-state index is -1.65. The molecular weight excluding hydrogens is 692 g/mol. The minimum absolute atomic E-state index is 0.00936. The van der Waals surface area contributed by atoms with E-state index < -0.39 is 86.5 Å². The van der Waals surface area contributed by atoms with E-state index in [0.29, 0.717) is 48.3 Å². The van der Waals surface area contributed by atoms with Crippen LogP contribution < -0.4 is 0 Å². The molecule has 0 aromatic carbocycles. The lowest BCUT2D eigenvalue weighted by Crippen LogP contribution is -2.62. The Morgan fingerprint density at radius 3 is 2.09 bits per heavy atom. The van der Waals surface area contributed by atoms with Crippen molar-refractivity contribution < 1.29 is 69.3 Å². The van der Waals surface area contributed by atoms with E-state index in [-0.39, 0.29) is 29.0 Å². The highest BCUT2D eigenvalue weighted by atomic mass is 16.7. The Labute approximate surface area is 312 Å². The van der Waals surface area contributed by atoms with E-state index >= 15 is 0 Å². The number of hydrogen-bond donors (Lipinski definition) is 8. The summed E-state index contributed by atoms with van der Waals surface area (Å²) in [6, 6.07) is 0. The van der Waals surface area contributed by atoms with Crippen molar-refractivity contribution in [2.45, 2.75) is 171 Å². The van der Waals surface area contributed by atoms with Gasteiger partial charge in [-0.05, 0) is 97.7 Å². The van der Waals surface area contributed by atoms with Crippen molar-refractivity contribution in [3.63, 3.8) is 0 Å². The maximum atomic E-state index is 11.9. The van der Waals surface area contributed by atoms with Gasteiger partial charge in [0.2, 0.25) is 0 Å². The SMILES string of the molecule is C[C@@H]1CCO[C@]2(C1)O[C@@H]1C[C@@H]3[C@H]4C[C@H](O)[C@H]5C[C@@H](O[C@H]6O[C@@H](CO[C@@H]7O[C@H](CO)[C@H](O)[C@H](O)[C@@H]7O)[C@H](O)[C@@H](O)[C@@H]6O)CC[C@@]5(C)[C@@H]4CC[C@@]3(C)[C@@H]1[C@H]2C. The molecule has 4 aliphatic heterocycles. The molecule has 8 rings (SSSR count). The molecule has 0 unspecified atom stereocenters. The topological polar surface area (TPSA) is 217 Å². The predicted molar refractivity (Wildman–Crippen MR) is 184 cm³/mol. The maximum Gasteiger partial charge on any atom is 0.186 e. The highest BCUT2D eigenvalue weighted by molar-refractivity contribution is 5.16. The van der Waals surface area contributed by atoms with Crippen LogP contribution in [0.5, 0.6) is 0 Å². The van der Waals surface area contributed by atoms with Crippen LogP contribution >= 0.6 is 0 Å². The molecule has 4 aliphatic carbocycles. The molecule has 4 heterocycles. The van der Waals surface area contributed by atoms with E-state index in [1.165, 1.54) is 0 Å². The summed E-state index contributed by atoms with van der Waals surface area (Å²) in [6.45, 7) is 9.25. The molecule has 8 fully saturated rings. The van der Waals surface area contributed by atoms with Crippen LogP contribution in [0.1, 0.15) is 85.5 Å². The molecule has 304 valence electrons. The lowest BCUT2D eigenvalue weighted by Gasteiger charge is -2.62. The van der Waals surface area contributed by atoms with Gasteiger partial charge in [0.25, 0.3) is 0 Å². The Kier molecular flexibility index (Phi) is 10.6. The van der Waals surface area contributed by atoms with E-state index in [0.717, 1.165) is 51.6 Å². The Morgan fingerprint density at radius 1 is 0.698 bits per heavy atom. The highest BCUT2D eigenvalue weighted by Crippen LogP contribution is 2.71. The first-order chi connectivity index (χ1) is 25.1.